The molecule has 2 rings (SSSR count). The lowest BCUT2D eigenvalue weighted by Crippen LogP contribution is -2.41. The Bertz CT molecular complexity index is 963. The standard InChI is InChI=1S/C23H32N2O4S/c1-7-29-21-10-8-9-20(15-21)25(30(6,27)28)16-22(26)24-17(2)18-11-13-19(14-12-18)23(3,4)5/h8-15,17H,7,16H2,1-6H3,(H,24,26). The number of carbonyl (C=O) groups excluding carboxylic acids is 1. The highest BCUT2D eigenvalue weighted by atomic mass is 32.2. The maximum Gasteiger partial charge on any atom is 0.241 e. The number of benzene rings is 2. The van der Waals surface area contributed by atoms with Crippen LogP contribution in [0.1, 0.15) is 51.8 Å². The van der Waals surface area contributed by atoms with Gasteiger partial charge in [0.05, 0.1) is 24.6 Å². The van der Waals surface area contributed by atoms with E-state index in [4.69, 9.17) is 4.74 Å². The fraction of sp³-hybridized carbons (Fsp3) is 0.435. The molecule has 6 nitrogen and oxygen atoms in total. The molecule has 0 fully saturated rings. The van der Waals surface area contributed by atoms with Crippen molar-refractivity contribution >= 4 is 21.6 Å². The molecule has 0 bridgehead atoms. The summed E-state index contributed by atoms with van der Waals surface area (Å²) in [4.78, 5) is 12.6. The molecule has 164 valence electrons. The van der Waals surface area contributed by atoms with Gasteiger partial charge in [-0.3, -0.25) is 9.10 Å². The van der Waals surface area contributed by atoms with Gasteiger partial charge in [0.25, 0.3) is 0 Å². The molecule has 1 unspecified atom stereocenters. The Labute approximate surface area is 180 Å². The van der Waals surface area contributed by atoms with E-state index < -0.39 is 10.0 Å². The first kappa shape index (κ1) is 23.7. The molecule has 1 amide bonds. The Balaban J connectivity index is 2.14. The number of carbonyl (C=O) groups is 1. The van der Waals surface area contributed by atoms with Gasteiger partial charge in [-0.2, -0.15) is 0 Å². The van der Waals surface area contributed by atoms with Gasteiger partial charge < -0.3 is 10.1 Å². The van der Waals surface area contributed by atoms with Crippen molar-refractivity contribution in [2.45, 2.75) is 46.1 Å². The van der Waals surface area contributed by atoms with Crippen LogP contribution in [0.5, 0.6) is 5.75 Å². The first-order valence-corrected chi connectivity index (χ1v) is 11.9. The summed E-state index contributed by atoms with van der Waals surface area (Å²) in [5.74, 6) is 0.172. The molecule has 1 atom stereocenters. The van der Waals surface area contributed by atoms with E-state index in [9.17, 15) is 13.2 Å². The third-order valence-electron chi connectivity index (χ3n) is 4.76. The lowest BCUT2D eigenvalue weighted by atomic mass is 9.86. The Morgan fingerprint density at radius 2 is 1.77 bits per heavy atom. The van der Waals surface area contributed by atoms with Crippen molar-refractivity contribution in [2.24, 2.45) is 0 Å². The summed E-state index contributed by atoms with van der Waals surface area (Å²) in [6.07, 6.45) is 1.09. The van der Waals surface area contributed by atoms with Gasteiger partial charge in [-0.15, -0.1) is 0 Å². The van der Waals surface area contributed by atoms with Gasteiger partial charge in [-0.1, -0.05) is 51.1 Å². The van der Waals surface area contributed by atoms with Crippen molar-refractivity contribution in [3.63, 3.8) is 0 Å². The van der Waals surface area contributed by atoms with Crippen LogP contribution in [0.3, 0.4) is 0 Å². The number of hydrogen-bond acceptors (Lipinski definition) is 4. The van der Waals surface area contributed by atoms with E-state index in [2.05, 4.69) is 38.2 Å². The van der Waals surface area contributed by atoms with Gasteiger partial charge in [-0.25, -0.2) is 8.42 Å². The molecule has 0 aliphatic rings. The number of anilines is 1. The van der Waals surface area contributed by atoms with Gasteiger partial charge in [0.2, 0.25) is 15.9 Å². The van der Waals surface area contributed by atoms with Crippen LogP contribution in [0.4, 0.5) is 5.69 Å². The number of nitrogens with zero attached hydrogens (tertiary/aromatic N) is 1. The molecule has 2 aromatic rings. The average Bonchev–Trinajstić information content (AvgIpc) is 2.65. The minimum Gasteiger partial charge on any atom is -0.494 e. The zero-order valence-electron chi connectivity index (χ0n) is 18.6. The van der Waals surface area contributed by atoms with E-state index in [0.717, 1.165) is 16.1 Å². The van der Waals surface area contributed by atoms with E-state index in [-0.39, 0.29) is 23.9 Å². The highest BCUT2D eigenvalue weighted by Gasteiger charge is 2.22. The number of ether oxygens (including phenoxy) is 1. The number of sulfonamides is 1. The highest BCUT2D eigenvalue weighted by molar-refractivity contribution is 7.92. The van der Waals surface area contributed by atoms with Crippen LogP contribution in [0.25, 0.3) is 0 Å². The van der Waals surface area contributed by atoms with E-state index in [1.165, 1.54) is 5.56 Å². The molecule has 2 aromatic carbocycles. The maximum atomic E-state index is 12.6. The molecule has 0 saturated heterocycles. The zero-order valence-corrected chi connectivity index (χ0v) is 19.4. The summed E-state index contributed by atoms with van der Waals surface area (Å²) in [7, 11) is -3.65. The second-order valence-corrected chi connectivity index (χ2v) is 10.3. The quantitative estimate of drug-likeness (QED) is 0.683. The van der Waals surface area contributed by atoms with Crippen molar-refractivity contribution < 1.29 is 17.9 Å². The van der Waals surface area contributed by atoms with Crippen molar-refractivity contribution in [3.8, 4) is 5.75 Å². The second-order valence-electron chi connectivity index (χ2n) is 8.36. The number of hydrogen-bond donors (Lipinski definition) is 1. The van der Waals surface area contributed by atoms with Crippen molar-refractivity contribution in [1.82, 2.24) is 5.32 Å². The van der Waals surface area contributed by atoms with Crippen LogP contribution in [-0.4, -0.2) is 33.7 Å². The summed E-state index contributed by atoms with van der Waals surface area (Å²) >= 11 is 0. The summed E-state index contributed by atoms with van der Waals surface area (Å²) < 4.78 is 31.2. The Kier molecular flexibility index (Phi) is 7.53. The minimum absolute atomic E-state index is 0.0526. The normalized spacial score (nSPS) is 12.9. The Morgan fingerprint density at radius 3 is 2.30 bits per heavy atom. The molecule has 30 heavy (non-hydrogen) atoms. The van der Waals surface area contributed by atoms with Crippen LogP contribution in [0.15, 0.2) is 48.5 Å². The van der Waals surface area contributed by atoms with Crippen LogP contribution in [0.2, 0.25) is 0 Å². The number of amides is 1. The summed E-state index contributed by atoms with van der Waals surface area (Å²) in [5, 5.41) is 2.89. The van der Waals surface area contributed by atoms with Gasteiger partial charge in [-0.05, 0) is 42.5 Å². The minimum atomic E-state index is -3.65. The molecule has 0 radical (unpaired) electrons. The molecule has 0 aliphatic carbocycles. The predicted molar refractivity (Wildman–Crippen MR) is 122 cm³/mol. The topological polar surface area (TPSA) is 75.7 Å². The smallest absolute Gasteiger partial charge is 0.241 e. The molecule has 0 aromatic heterocycles. The third-order valence-corrected chi connectivity index (χ3v) is 5.90. The van der Waals surface area contributed by atoms with E-state index >= 15 is 0 Å². The first-order valence-electron chi connectivity index (χ1n) is 10.0. The van der Waals surface area contributed by atoms with E-state index in [0.29, 0.717) is 18.0 Å². The van der Waals surface area contributed by atoms with Gasteiger partial charge in [0, 0.05) is 6.07 Å². The average molecular weight is 433 g/mol. The van der Waals surface area contributed by atoms with Gasteiger partial charge >= 0.3 is 0 Å². The maximum absolute atomic E-state index is 12.6. The molecule has 0 aliphatic heterocycles. The highest BCUT2D eigenvalue weighted by Crippen LogP contribution is 2.25. The largest absolute Gasteiger partial charge is 0.494 e. The van der Waals surface area contributed by atoms with Crippen molar-refractivity contribution in [3.05, 3.63) is 59.7 Å². The molecular weight excluding hydrogens is 400 g/mol. The Morgan fingerprint density at radius 1 is 1.13 bits per heavy atom. The van der Waals surface area contributed by atoms with Crippen molar-refractivity contribution in [2.75, 3.05) is 23.7 Å². The number of nitrogens with one attached hydrogen (secondary N) is 1. The molecule has 0 saturated carbocycles. The van der Waals surface area contributed by atoms with Crippen LogP contribution in [0, 0.1) is 0 Å². The lowest BCUT2D eigenvalue weighted by Gasteiger charge is -2.24. The molecule has 0 heterocycles. The molecule has 1 N–H and O–H groups in total. The fourth-order valence-corrected chi connectivity index (χ4v) is 3.92. The SMILES string of the molecule is CCOc1cccc(N(CC(=O)NC(C)c2ccc(C(C)(C)C)cc2)S(C)(=O)=O)c1. The molecule has 0 spiro atoms. The van der Waals surface area contributed by atoms with Crippen LogP contribution >= 0.6 is 0 Å². The summed E-state index contributed by atoms with van der Waals surface area (Å²) in [6.45, 7) is 10.3. The monoisotopic (exact) mass is 432 g/mol. The molecule has 7 heteroatoms. The third kappa shape index (κ3) is 6.49. The van der Waals surface area contributed by atoms with Gasteiger partial charge in [0.15, 0.2) is 0 Å². The van der Waals surface area contributed by atoms with Crippen molar-refractivity contribution in [1.29, 1.82) is 0 Å². The molecular formula is C23H32N2O4S. The van der Waals surface area contributed by atoms with Gasteiger partial charge in [0.1, 0.15) is 12.3 Å². The second kappa shape index (κ2) is 9.51. The fourth-order valence-electron chi connectivity index (χ4n) is 3.07. The van der Waals surface area contributed by atoms with E-state index in [1.54, 1.807) is 24.3 Å². The summed E-state index contributed by atoms with van der Waals surface area (Å²) in [6, 6.07) is 14.6. The zero-order chi connectivity index (χ0) is 22.5. The predicted octanol–water partition coefficient (Wildman–Crippen LogP) is 4.03. The number of rotatable bonds is 8. The lowest BCUT2D eigenvalue weighted by molar-refractivity contribution is -0.120. The van der Waals surface area contributed by atoms with Crippen LogP contribution < -0.4 is 14.4 Å². The van der Waals surface area contributed by atoms with Crippen LogP contribution in [-0.2, 0) is 20.2 Å². The first-order chi connectivity index (χ1) is 13.9. The summed E-state index contributed by atoms with van der Waals surface area (Å²) in [5.41, 5.74) is 2.61. The van der Waals surface area contributed by atoms with E-state index in [1.807, 2.05) is 26.0 Å². The Hall–Kier alpha value is -2.54.